The lowest BCUT2D eigenvalue weighted by atomic mass is 10.1. The number of hydrogen-bond donors (Lipinski definition) is 0. The second kappa shape index (κ2) is 8.44. The number of anilines is 1. The van der Waals surface area contributed by atoms with Crippen LogP contribution in [0.25, 0.3) is 0 Å². The molecule has 0 bridgehead atoms. The van der Waals surface area contributed by atoms with Crippen LogP contribution in [0, 0.1) is 6.92 Å². The summed E-state index contributed by atoms with van der Waals surface area (Å²) in [5.41, 5.74) is 2.76. The molecule has 3 rings (SSSR count). The van der Waals surface area contributed by atoms with Gasteiger partial charge in [0, 0.05) is 31.6 Å². The number of aryl methyl sites for hydroxylation is 1. The van der Waals surface area contributed by atoms with E-state index in [2.05, 4.69) is 0 Å². The van der Waals surface area contributed by atoms with Gasteiger partial charge in [0.05, 0.1) is 5.69 Å². The van der Waals surface area contributed by atoms with Crippen molar-refractivity contribution in [3.63, 3.8) is 0 Å². The second-order valence-electron chi connectivity index (χ2n) is 6.75. The standard InChI is InChI=1S/C21H23ClN2O3/c1-15-9-10-19-18(12-15)24(21(26)14-27-19)11-5-8-20(25)23(2)13-16-6-3-4-7-17(16)22/h3-4,6-7,9-10,12H,5,8,11,13-14H2,1-2H3. The number of nitrogens with zero attached hydrogens (tertiary/aromatic N) is 2. The molecule has 1 heterocycles. The highest BCUT2D eigenvalue weighted by Crippen LogP contribution is 2.33. The van der Waals surface area contributed by atoms with Crippen LogP contribution in [0.1, 0.15) is 24.0 Å². The SMILES string of the molecule is Cc1ccc2c(c1)N(CCCC(=O)N(C)Cc1ccccc1Cl)C(=O)CO2. The highest BCUT2D eigenvalue weighted by Gasteiger charge is 2.25. The van der Waals surface area contributed by atoms with Gasteiger partial charge in [-0.2, -0.15) is 0 Å². The van der Waals surface area contributed by atoms with Gasteiger partial charge in [0.15, 0.2) is 6.61 Å². The molecule has 142 valence electrons. The van der Waals surface area contributed by atoms with Crippen LogP contribution < -0.4 is 9.64 Å². The summed E-state index contributed by atoms with van der Waals surface area (Å²) in [5, 5.41) is 0.656. The minimum absolute atomic E-state index is 0.0279. The van der Waals surface area contributed by atoms with Gasteiger partial charge in [-0.3, -0.25) is 9.59 Å². The summed E-state index contributed by atoms with van der Waals surface area (Å²) in [6.07, 6.45) is 0.956. The van der Waals surface area contributed by atoms with E-state index in [0.717, 1.165) is 16.8 Å². The van der Waals surface area contributed by atoms with Gasteiger partial charge in [-0.05, 0) is 42.7 Å². The molecule has 0 aromatic heterocycles. The molecule has 5 nitrogen and oxygen atoms in total. The van der Waals surface area contributed by atoms with Gasteiger partial charge >= 0.3 is 0 Å². The quantitative estimate of drug-likeness (QED) is 0.758. The third kappa shape index (κ3) is 4.61. The molecule has 2 aromatic rings. The van der Waals surface area contributed by atoms with Gasteiger partial charge in [0.2, 0.25) is 5.91 Å². The van der Waals surface area contributed by atoms with E-state index in [1.165, 1.54) is 0 Å². The third-order valence-electron chi connectivity index (χ3n) is 4.62. The zero-order valence-corrected chi connectivity index (χ0v) is 16.3. The fourth-order valence-corrected chi connectivity index (χ4v) is 3.30. The molecule has 0 saturated heterocycles. The molecule has 2 aromatic carbocycles. The van der Waals surface area contributed by atoms with Gasteiger partial charge < -0.3 is 14.5 Å². The lowest BCUT2D eigenvalue weighted by molar-refractivity contribution is -0.130. The number of benzene rings is 2. The summed E-state index contributed by atoms with van der Waals surface area (Å²) in [5.74, 6) is 0.660. The molecule has 0 atom stereocenters. The summed E-state index contributed by atoms with van der Waals surface area (Å²) >= 11 is 6.16. The highest BCUT2D eigenvalue weighted by atomic mass is 35.5. The topological polar surface area (TPSA) is 49.9 Å². The Hall–Kier alpha value is -2.53. The third-order valence-corrected chi connectivity index (χ3v) is 4.99. The van der Waals surface area contributed by atoms with Crippen LogP contribution in [-0.2, 0) is 16.1 Å². The molecule has 2 amide bonds. The Morgan fingerprint density at radius 1 is 1.26 bits per heavy atom. The van der Waals surface area contributed by atoms with Crippen molar-refractivity contribution in [3.05, 3.63) is 58.6 Å². The van der Waals surface area contributed by atoms with Crippen LogP contribution in [0.2, 0.25) is 5.02 Å². The first-order valence-corrected chi connectivity index (χ1v) is 9.34. The first kappa shape index (κ1) is 19.2. The van der Waals surface area contributed by atoms with Crippen molar-refractivity contribution in [2.45, 2.75) is 26.3 Å². The van der Waals surface area contributed by atoms with Crippen molar-refractivity contribution in [2.75, 3.05) is 25.1 Å². The molecule has 1 aliphatic rings. The summed E-state index contributed by atoms with van der Waals surface area (Å²) in [7, 11) is 1.77. The highest BCUT2D eigenvalue weighted by molar-refractivity contribution is 6.31. The van der Waals surface area contributed by atoms with E-state index in [1.807, 2.05) is 49.4 Å². The Balaban J connectivity index is 1.56. The molecule has 1 aliphatic heterocycles. The maximum atomic E-state index is 12.4. The van der Waals surface area contributed by atoms with Gasteiger partial charge in [-0.25, -0.2) is 0 Å². The minimum atomic E-state index is -0.0787. The minimum Gasteiger partial charge on any atom is -0.482 e. The zero-order chi connectivity index (χ0) is 19.4. The first-order chi connectivity index (χ1) is 13.0. The summed E-state index contributed by atoms with van der Waals surface area (Å²) < 4.78 is 5.49. The van der Waals surface area contributed by atoms with E-state index >= 15 is 0 Å². The first-order valence-electron chi connectivity index (χ1n) is 8.97. The van der Waals surface area contributed by atoms with Crippen LogP contribution in [0.5, 0.6) is 5.75 Å². The number of amides is 2. The van der Waals surface area contributed by atoms with E-state index < -0.39 is 0 Å². The molecule has 0 N–H and O–H groups in total. The second-order valence-corrected chi connectivity index (χ2v) is 7.16. The molecule has 0 unspecified atom stereocenters. The fourth-order valence-electron chi connectivity index (χ4n) is 3.11. The van der Waals surface area contributed by atoms with Crippen molar-refractivity contribution in [1.82, 2.24) is 4.90 Å². The fraction of sp³-hybridized carbons (Fsp3) is 0.333. The van der Waals surface area contributed by atoms with Crippen LogP contribution >= 0.6 is 11.6 Å². The predicted octanol–water partition coefficient (Wildman–Crippen LogP) is 3.81. The van der Waals surface area contributed by atoms with Gasteiger partial charge in [0.1, 0.15) is 5.75 Å². The summed E-state index contributed by atoms with van der Waals surface area (Å²) in [4.78, 5) is 28.1. The van der Waals surface area contributed by atoms with Crippen molar-refractivity contribution in [1.29, 1.82) is 0 Å². The number of halogens is 1. The molecule has 0 radical (unpaired) electrons. The van der Waals surface area contributed by atoms with Gasteiger partial charge in [-0.1, -0.05) is 35.9 Å². The molecule has 6 heteroatoms. The van der Waals surface area contributed by atoms with Crippen LogP contribution in [0.3, 0.4) is 0 Å². The van der Waals surface area contributed by atoms with Crippen molar-refractivity contribution in [2.24, 2.45) is 0 Å². The molecule has 0 fully saturated rings. The average Bonchev–Trinajstić information content (AvgIpc) is 2.65. The summed E-state index contributed by atoms with van der Waals surface area (Å²) in [6, 6.07) is 13.3. The van der Waals surface area contributed by atoms with Crippen LogP contribution in [-0.4, -0.2) is 36.9 Å². The molecule has 0 saturated carbocycles. The van der Waals surface area contributed by atoms with E-state index in [0.29, 0.717) is 36.7 Å². The molecule has 27 heavy (non-hydrogen) atoms. The zero-order valence-electron chi connectivity index (χ0n) is 15.6. The van der Waals surface area contributed by atoms with Gasteiger partial charge in [0.25, 0.3) is 5.91 Å². The van der Waals surface area contributed by atoms with Crippen LogP contribution in [0.4, 0.5) is 5.69 Å². The maximum absolute atomic E-state index is 12.4. The van der Waals surface area contributed by atoms with Crippen molar-refractivity contribution < 1.29 is 14.3 Å². The number of ether oxygens (including phenoxy) is 1. The van der Waals surface area contributed by atoms with Crippen molar-refractivity contribution >= 4 is 29.1 Å². The lowest BCUT2D eigenvalue weighted by Crippen LogP contribution is -2.39. The summed E-state index contributed by atoms with van der Waals surface area (Å²) in [6.45, 7) is 2.97. The number of rotatable bonds is 6. The maximum Gasteiger partial charge on any atom is 0.265 e. The Morgan fingerprint density at radius 2 is 2.04 bits per heavy atom. The van der Waals surface area contributed by atoms with Gasteiger partial charge in [-0.15, -0.1) is 0 Å². The molecule has 0 spiro atoms. The van der Waals surface area contributed by atoms with Crippen LogP contribution in [0.15, 0.2) is 42.5 Å². The Kier molecular flexibility index (Phi) is 6.01. The smallest absolute Gasteiger partial charge is 0.265 e. The number of hydrogen-bond acceptors (Lipinski definition) is 3. The average molecular weight is 387 g/mol. The number of carbonyl (C=O) groups is 2. The molecule has 0 aliphatic carbocycles. The Labute approximate surface area is 164 Å². The molecular formula is C21H23ClN2O3. The van der Waals surface area contributed by atoms with E-state index in [4.69, 9.17) is 16.3 Å². The largest absolute Gasteiger partial charge is 0.482 e. The number of fused-ring (bicyclic) bond motifs is 1. The van der Waals surface area contributed by atoms with E-state index in [1.54, 1.807) is 16.8 Å². The van der Waals surface area contributed by atoms with Crippen molar-refractivity contribution in [3.8, 4) is 5.75 Å². The van der Waals surface area contributed by atoms with E-state index in [-0.39, 0.29) is 18.4 Å². The lowest BCUT2D eigenvalue weighted by Gasteiger charge is -2.30. The molecular weight excluding hydrogens is 364 g/mol. The monoisotopic (exact) mass is 386 g/mol. The van der Waals surface area contributed by atoms with E-state index in [9.17, 15) is 9.59 Å². The number of carbonyl (C=O) groups excluding carboxylic acids is 2. The predicted molar refractivity (Wildman–Crippen MR) is 106 cm³/mol. The Bertz CT molecular complexity index is 853. The Morgan fingerprint density at radius 3 is 2.81 bits per heavy atom. The normalized spacial score (nSPS) is 13.1.